The summed E-state index contributed by atoms with van der Waals surface area (Å²) in [7, 11) is 2.11. The highest BCUT2D eigenvalue weighted by Crippen LogP contribution is 2.38. The minimum Gasteiger partial charge on any atom is -0.481 e. The first kappa shape index (κ1) is 13.1. The molecule has 0 amide bonds. The lowest BCUT2D eigenvalue weighted by molar-refractivity contribution is -0.136. The van der Waals surface area contributed by atoms with Crippen LogP contribution in [0.2, 0.25) is 0 Å². The number of aliphatic carboxylic acids is 1. The molecule has 0 radical (unpaired) electrons. The Bertz CT molecular complexity index is 430. The maximum atomic E-state index is 10.8. The van der Waals surface area contributed by atoms with Crippen molar-refractivity contribution < 1.29 is 9.90 Å². The van der Waals surface area contributed by atoms with Crippen molar-refractivity contribution in [1.29, 1.82) is 0 Å². The summed E-state index contributed by atoms with van der Waals surface area (Å²) in [6.07, 6.45) is 1.45. The van der Waals surface area contributed by atoms with Crippen LogP contribution >= 0.6 is 0 Å². The van der Waals surface area contributed by atoms with Gasteiger partial charge in [0.1, 0.15) is 0 Å². The van der Waals surface area contributed by atoms with Crippen LogP contribution in [0.15, 0.2) is 24.3 Å². The topological polar surface area (TPSA) is 40.5 Å². The molecule has 0 spiro atoms. The third-order valence-electron chi connectivity index (χ3n) is 3.72. The van der Waals surface area contributed by atoms with E-state index in [4.69, 9.17) is 5.11 Å². The SMILES string of the molecule is CC1CC1CN(C)Cc1ccccc1CC(=O)O. The summed E-state index contributed by atoms with van der Waals surface area (Å²) in [6.45, 7) is 4.24. The number of carbonyl (C=O) groups is 1. The van der Waals surface area contributed by atoms with E-state index < -0.39 is 5.97 Å². The molecule has 1 aromatic carbocycles. The molecule has 2 atom stereocenters. The highest BCUT2D eigenvalue weighted by molar-refractivity contribution is 5.70. The monoisotopic (exact) mass is 247 g/mol. The van der Waals surface area contributed by atoms with E-state index in [9.17, 15) is 4.79 Å². The second-order valence-corrected chi connectivity index (χ2v) is 5.51. The number of carboxylic acids is 1. The van der Waals surface area contributed by atoms with Crippen LogP contribution in [0.1, 0.15) is 24.5 Å². The number of carboxylic acid groups (broad SMARTS) is 1. The average molecular weight is 247 g/mol. The molecule has 1 saturated carbocycles. The van der Waals surface area contributed by atoms with Gasteiger partial charge in [-0.2, -0.15) is 0 Å². The molecule has 1 aliphatic carbocycles. The van der Waals surface area contributed by atoms with Gasteiger partial charge >= 0.3 is 5.97 Å². The van der Waals surface area contributed by atoms with E-state index in [1.165, 1.54) is 6.42 Å². The lowest BCUT2D eigenvalue weighted by Gasteiger charge is -2.18. The first-order valence-corrected chi connectivity index (χ1v) is 6.53. The van der Waals surface area contributed by atoms with Gasteiger partial charge in [-0.15, -0.1) is 0 Å². The molecule has 1 fully saturated rings. The Morgan fingerprint density at radius 2 is 2.00 bits per heavy atom. The minimum absolute atomic E-state index is 0.115. The van der Waals surface area contributed by atoms with Gasteiger partial charge in [0.05, 0.1) is 6.42 Å². The van der Waals surface area contributed by atoms with Crippen LogP contribution in [0.3, 0.4) is 0 Å². The van der Waals surface area contributed by atoms with Crippen LogP contribution in [-0.4, -0.2) is 29.6 Å². The molecule has 1 N–H and O–H groups in total. The van der Waals surface area contributed by atoms with E-state index in [1.54, 1.807) is 0 Å². The maximum Gasteiger partial charge on any atom is 0.307 e. The lowest BCUT2D eigenvalue weighted by atomic mass is 10.0. The zero-order valence-electron chi connectivity index (χ0n) is 11.1. The predicted molar refractivity (Wildman–Crippen MR) is 71.4 cm³/mol. The van der Waals surface area contributed by atoms with Gasteiger partial charge in [-0.1, -0.05) is 31.2 Å². The van der Waals surface area contributed by atoms with Gasteiger partial charge in [-0.25, -0.2) is 0 Å². The Kier molecular flexibility index (Phi) is 4.02. The number of hydrogen-bond acceptors (Lipinski definition) is 2. The second-order valence-electron chi connectivity index (χ2n) is 5.51. The van der Waals surface area contributed by atoms with Crippen molar-refractivity contribution in [3.63, 3.8) is 0 Å². The molecule has 18 heavy (non-hydrogen) atoms. The molecule has 1 aliphatic rings. The fourth-order valence-corrected chi connectivity index (χ4v) is 2.46. The fourth-order valence-electron chi connectivity index (χ4n) is 2.46. The molecule has 2 unspecified atom stereocenters. The third-order valence-corrected chi connectivity index (χ3v) is 3.72. The summed E-state index contributed by atoms with van der Waals surface area (Å²) in [5.41, 5.74) is 2.07. The van der Waals surface area contributed by atoms with Gasteiger partial charge < -0.3 is 10.0 Å². The second kappa shape index (κ2) is 5.53. The molecule has 0 aliphatic heterocycles. The minimum atomic E-state index is -0.763. The van der Waals surface area contributed by atoms with Gasteiger partial charge in [0.15, 0.2) is 0 Å². The summed E-state index contributed by atoms with van der Waals surface area (Å²) in [5, 5.41) is 8.90. The van der Waals surface area contributed by atoms with Crippen LogP contribution in [0.5, 0.6) is 0 Å². The average Bonchev–Trinajstić information content (AvgIpc) is 2.96. The Labute approximate surface area is 108 Å². The van der Waals surface area contributed by atoms with Gasteiger partial charge in [0, 0.05) is 13.1 Å². The van der Waals surface area contributed by atoms with Crippen LogP contribution in [0, 0.1) is 11.8 Å². The Morgan fingerprint density at radius 1 is 1.39 bits per heavy atom. The van der Waals surface area contributed by atoms with Crippen molar-refractivity contribution in [2.45, 2.75) is 26.3 Å². The van der Waals surface area contributed by atoms with Crippen LogP contribution in [0.25, 0.3) is 0 Å². The van der Waals surface area contributed by atoms with E-state index in [1.807, 2.05) is 24.3 Å². The first-order chi connectivity index (χ1) is 8.56. The summed E-state index contributed by atoms with van der Waals surface area (Å²) in [6, 6.07) is 7.83. The number of hydrogen-bond donors (Lipinski definition) is 1. The van der Waals surface area contributed by atoms with E-state index in [-0.39, 0.29) is 6.42 Å². The summed E-state index contributed by atoms with van der Waals surface area (Å²) >= 11 is 0. The fraction of sp³-hybridized carbons (Fsp3) is 0.533. The van der Waals surface area contributed by atoms with E-state index >= 15 is 0 Å². The first-order valence-electron chi connectivity index (χ1n) is 6.53. The van der Waals surface area contributed by atoms with Crippen molar-refractivity contribution in [1.82, 2.24) is 4.90 Å². The standard InChI is InChI=1S/C15H21NO2/c1-11-7-14(11)10-16(2)9-13-6-4-3-5-12(13)8-15(17)18/h3-6,11,14H,7-10H2,1-2H3,(H,17,18). The zero-order valence-corrected chi connectivity index (χ0v) is 11.1. The lowest BCUT2D eigenvalue weighted by Crippen LogP contribution is -2.22. The molecule has 3 heteroatoms. The van der Waals surface area contributed by atoms with Gasteiger partial charge in [0.25, 0.3) is 0 Å². The molecule has 0 bridgehead atoms. The zero-order chi connectivity index (χ0) is 13.1. The maximum absolute atomic E-state index is 10.8. The largest absolute Gasteiger partial charge is 0.481 e. The normalized spacial score (nSPS) is 22.2. The Morgan fingerprint density at radius 3 is 2.56 bits per heavy atom. The molecule has 0 saturated heterocycles. The van der Waals surface area contributed by atoms with E-state index in [2.05, 4.69) is 18.9 Å². The van der Waals surface area contributed by atoms with Crippen molar-refractivity contribution in [3.05, 3.63) is 35.4 Å². The van der Waals surface area contributed by atoms with Crippen LogP contribution in [0.4, 0.5) is 0 Å². The number of benzene rings is 1. The smallest absolute Gasteiger partial charge is 0.307 e. The number of rotatable bonds is 6. The number of nitrogens with zero attached hydrogens (tertiary/aromatic N) is 1. The highest BCUT2D eigenvalue weighted by atomic mass is 16.4. The molecule has 98 valence electrons. The molecule has 0 aromatic heterocycles. The van der Waals surface area contributed by atoms with Crippen molar-refractivity contribution in [3.8, 4) is 0 Å². The summed E-state index contributed by atoms with van der Waals surface area (Å²) in [5.74, 6) is 0.935. The quantitative estimate of drug-likeness (QED) is 0.839. The van der Waals surface area contributed by atoms with Gasteiger partial charge in [0.2, 0.25) is 0 Å². The highest BCUT2D eigenvalue weighted by Gasteiger charge is 2.33. The van der Waals surface area contributed by atoms with Crippen molar-refractivity contribution >= 4 is 5.97 Å². The summed E-state index contributed by atoms with van der Waals surface area (Å²) < 4.78 is 0. The van der Waals surface area contributed by atoms with Crippen LogP contribution < -0.4 is 0 Å². The van der Waals surface area contributed by atoms with Gasteiger partial charge in [-0.05, 0) is 36.4 Å². The molecule has 2 rings (SSSR count). The Hall–Kier alpha value is -1.35. The molecule has 1 aromatic rings. The molecule has 3 nitrogen and oxygen atoms in total. The predicted octanol–water partition coefficient (Wildman–Crippen LogP) is 2.40. The molecular formula is C15H21NO2. The molecule has 0 heterocycles. The third kappa shape index (κ3) is 3.57. The Balaban J connectivity index is 1.96. The van der Waals surface area contributed by atoms with Crippen molar-refractivity contribution in [2.75, 3.05) is 13.6 Å². The van der Waals surface area contributed by atoms with Gasteiger partial charge in [-0.3, -0.25) is 4.79 Å². The van der Waals surface area contributed by atoms with E-state index in [0.717, 1.165) is 36.1 Å². The van der Waals surface area contributed by atoms with E-state index in [0.29, 0.717) is 0 Å². The van der Waals surface area contributed by atoms with Crippen molar-refractivity contribution in [2.24, 2.45) is 11.8 Å². The molecular weight excluding hydrogens is 226 g/mol. The summed E-state index contributed by atoms with van der Waals surface area (Å²) in [4.78, 5) is 13.1. The van der Waals surface area contributed by atoms with Crippen LogP contribution in [-0.2, 0) is 17.8 Å².